The number of amides is 1. The van der Waals surface area contributed by atoms with E-state index in [1.807, 2.05) is 30.0 Å². The number of piperidine rings is 1. The molecule has 1 fully saturated rings. The molecular weight excluding hydrogens is 290 g/mol. The minimum absolute atomic E-state index is 0.0471. The van der Waals surface area contributed by atoms with Crippen LogP contribution in [0.3, 0.4) is 0 Å². The fraction of sp³-hybridized carbons (Fsp3) is 0.500. The van der Waals surface area contributed by atoms with Crippen LogP contribution in [0.2, 0.25) is 0 Å². The molecule has 1 aromatic heterocycles. The fourth-order valence-corrected chi connectivity index (χ4v) is 3.17. The first kappa shape index (κ1) is 15.7. The van der Waals surface area contributed by atoms with Crippen LogP contribution in [0.5, 0.6) is 0 Å². The van der Waals surface area contributed by atoms with Gasteiger partial charge < -0.3 is 9.42 Å². The van der Waals surface area contributed by atoms with Crippen molar-refractivity contribution >= 4 is 5.91 Å². The van der Waals surface area contributed by atoms with Crippen molar-refractivity contribution in [3.05, 3.63) is 47.6 Å². The molecule has 1 unspecified atom stereocenters. The molecule has 2 aromatic rings. The summed E-state index contributed by atoms with van der Waals surface area (Å²) in [6.07, 6.45) is 5.43. The van der Waals surface area contributed by atoms with Crippen LogP contribution < -0.4 is 0 Å². The zero-order valence-corrected chi connectivity index (χ0v) is 13.6. The van der Waals surface area contributed by atoms with Gasteiger partial charge >= 0.3 is 0 Å². The van der Waals surface area contributed by atoms with Gasteiger partial charge in [0.05, 0.1) is 0 Å². The molecule has 0 saturated carbocycles. The molecule has 0 radical (unpaired) electrons. The van der Waals surface area contributed by atoms with Crippen LogP contribution in [0, 0.1) is 6.92 Å². The van der Waals surface area contributed by atoms with Crippen LogP contribution >= 0.6 is 0 Å². The third kappa shape index (κ3) is 3.97. The third-order valence-electron chi connectivity index (χ3n) is 4.35. The number of aryl methyl sites for hydroxylation is 2. The SMILES string of the molecule is Cc1noc(C2CCCCN2C(=O)CCCc2ccccc2)n1. The molecule has 0 bridgehead atoms. The van der Waals surface area contributed by atoms with Crippen LogP contribution in [0.4, 0.5) is 0 Å². The van der Waals surface area contributed by atoms with Crippen molar-refractivity contribution in [2.45, 2.75) is 51.5 Å². The smallest absolute Gasteiger partial charge is 0.249 e. The molecule has 1 atom stereocenters. The summed E-state index contributed by atoms with van der Waals surface area (Å²) in [4.78, 5) is 18.9. The van der Waals surface area contributed by atoms with Gasteiger partial charge in [0.1, 0.15) is 6.04 Å². The zero-order chi connectivity index (χ0) is 16.1. The average Bonchev–Trinajstić information content (AvgIpc) is 3.02. The van der Waals surface area contributed by atoms with Gasteiger partial charge in [-0.2, -0.15) is 4.98 Å². The van der Waals surface area contributed by atoms with Gasteiger partial charge in [0.25, 0.3) is 0 Å². The van der Waals surface area contributed by atoms with Gasteiger partial charge in [-0.05, 0) is 44.6 Å². The van der Waals surface area contributed by atoms with E-state index in [0.29, 0.717) is 18.1 Å². The Morgan fingerprint density at radius 3 is 2.87 bits per heavy atom. The van der Waals surface area contributed by atoms with Crippen molar-refractivity contribution in [1.82, 2.24) is 15.0 Å². The Balaban J connectivity index is 1.58. The molecule has 1 aliphatic heterocycles. The lowest BCUT2D eigenvalue weighted by molar-refractivity contribution is -0.135. The van der Waals surface area contributed by atoms with Crippen LogP contribution in [0.15, 0.2) is 34.9 Å². The fourth-order valence-electron chi connectivity index (χ4n) is 3.17. The van der Waals surface area contributed by atoms with Gasteiger partial charge in [0.2, 0.25) is 11.8 Å². The Labute approximate surface area is 136 Å². The minimum atomic E-state index is -0.0471. The lowest BCUT2D eigenvalue weighted by atomic mass is 10.0. The number of carbonyl (C=O) groups is 1. The molecule has 5 heteroatoms. The number of rotatable bonds is 5. The van der Waals surface area contributed by atoms with E-state index in [4.69, 9.17) is 4.52 Å². The van der Waals surface area contributed by atoms with Crippen molar-refractivity contribution in [3.63, 3.8) is 0 Å². The molecular formula is C18H23N3O2. The van der Waals surface area contributed by atoms with E-state index >= 15 is 0 Å². The molecule has 0 aliphatic carbocycles. The van der Waals surface area contributed by atoms with Gasteiger partial charge in [-0.1, -0.05) is 35.5 Å². The second-order valence-corrected chi connectivity index (χ2v) is 6.12. The quantitative estimate of drug-likeness (QED) is 0.848. The van der Waals surface area contributed by atoms with E-state index in [2.05, 4.69) is 22.3 Å². The number of carbonyl (C=O) groups excluding carboxylic acids is 1. The van der Waals surface area contributed by atoms with Crippen LogP contribution in [-0.2, 0) is 11.2 Å². The highest BCUT2D eigenvalue weighted by atomic mass is 16.5. The van der Waals surface area contributed by atoms with Gasteiger partial charge in [0.15, 0.2) is 5.82 Å². The van der Waals surface area contributed by atoms with E-state index in [0.717, 1.165) is 38.6 Å². The van der Waals surface area contributed by atoms with E-state index in [9.17, 15) is 4.79 Å². The molecule has 1 aromatic carbocycles. The maximum Gasteiger partial charge on any atom is 0.249 e. The van der Waals surface area contributed by atoms with E-state index < -0.39 is 0 Å². The Morgan fingerprint density at radius 2 is 2.13 bits per heavy atom. The Morgan fingerprint density at radius 1 is 1.30 bits per heavy atom. The van der Waals surface area contributed by atoms with E-state index in [1.165, 1.54) is 5.56 Å². The summed E-state index contributed by atoms with van der Waals surface area (Å²) in [5.41, 5.74) is 1.28. The first-order valence-electron chi connectivity index (χ1n) is 8.37. The van der Waals surface area contributed by atoms with Crippen molar-refractivity contribution in [2.24, 2.45) is 0 Å². The molecule has 1 saturated heterocycles. The second kappa shape index (κ2) is 7.40. The predicted octanol–water partition coefficient (Wildman–Crippen LogP) is 3.45. The lowest BCUT2D eigenvalue weighted by Gasteiger charge is -2.33. The molecule has 3 rings (SSSR count). The normalized spacial score (nSPS) is 18.1. The molecule has 1 amide bonds. The number of likely N-dealkylation sites (tertiary alicyclic amines) is 1. The summed E-state index contributed by atoms with van der Waals surface area (Å²) < 4.78 is 5.30. The minimum Gasteiger partial charge on any atom is -0.337 e. The summed E-state index contributed by atoms with van der Waals surface area (Å²) in [6, 6.07) is 10.3. The lowest BCUT2D eigenvalue weighted by Crippen LogP contribution is -2.38. The Kier molecular flexibility index (Phi) is 5.05. The maximum atomic E-state index is 12.6. The standard InChI is InChI=1S/C18H23N3O2/c1-14-19-18(23-20-14)16-11-5-6-13-21(16)17(22)12-7-10-15-8-3-2-4-9-15/h2-4,8-9,16H,5-7,10-13H2,1H3. The highest BCUT2D eigenvalue weighted by Crippen LogP contribution is 2.30. The van der Waals surface area contributed by atoms with Gasteiger partial charge in [-0.15, -0.1) is 0 Å². The van der Waals surface area contributed by atoms with Gasteiger partial charge in [-0.25, -0.2) is 0 Å². The first-order chi connectivity index (χ1) is 11.2. The number of aromatic nitrogens is 2. The number of nitrogens with zero attached hydrogens (tertiary/aromatic N) is 3. The summed E-state index contributed by atoms with van der Waals surface area (Å²) in [5, 5.41) is 3.86. The first-order valence-corrected chi connectivity index (χ1v) is 8.37. The monoisotopic (exact) mass is 313 g/mol. The van der Waals surface area contributed by atoms with Crippen LogP contribution in [0.1, 0.15) is 55.4 Å². The molecule has 0 spiro atoms. The number of hydrogen-bond donors (Lipinski definition) is 0. The van der Waals surface area contributed by atoms with Gasteiger partial charge in [-0.3, -0.25) is 4.79 Å². The van der Waals surface area contributed by atoms with Gasteiger partial charge in [0, 0.05) is 13.0 Å². The summed E-state index contributed by atoms with van der Waals surface area (Å²) in [7, 11) is 0. The maximum absolute atomic E-state index is 12.6. The molecule has 122 valence electrons. The van der Waals surface area contributed by atoms with Crippen LogP contribution in [-0.4, -0.2) is 27.5 Å². The van der Waals surface area contributed by atoms with E-state index in [-0.39, 0.29) is 11.9 Å². The van der Waals surface area contributed by atoms with Crippen molar-refractivity contribution < 1.29 is 9.32 Å². The molecule has 5 nitrogen and oxygen atoms in total. The Bertz CT molecular complexity index is 639. The van der Waals surface area contributed by atoms with Crippen molar-refractivity contribution in [3.8, 4) is 0 Å². The van der Waals surface area contributed by atoms with Crippen molar-refractivity contribution in [1.29, 1.82) is 0 Å². The molecule has 2 heterocycles. The number of hydrogen-bond acceptors (Lipinski definition) is 4. The predicted molar refractivity (Wildman–Crippen MR) is 86.7 cm³/mol. The second-order valence-electron chi connectivity index (χ2n) is 6.12. The van der Waals surface area contributed by atoms with E-state index in [1.54, 1.807) is 0 Å². The summed E-state index contributed by atoms with van der Waals surface area (Å²) in [5.74, 6) is 1.40. The van der Waals surface area contributed by atoms with Crippen molar-refractivity contribution in [2.75, 3.05) is 6.54 Å². The zero-order valence-electron chi connectivity index (χ0n) is 13.6. The molecule has 1 aliphatic rings. The largest absolute Gasteiger partial charge is 0.337 e. The number of benzene rings is 1. The third-order valence-corrected chi connectivity index (χ3v) is 4.35. The average molecular weight is 313 g/mol. The summed E-state index contributed by atoms with van der Waals surface area (Å²) >= 11 is 0. The van der Waals surface area contributed by atoms with Crippen LogP contribution in [0.25, 0.3) is 0 Å². The molecule has 23 heavy (non-hydrogen) atoms. The Hall–Kier alpha value is -2.17. The highest BCUT2D eigenvalue weighted by Gasteiger charge is 2.31. The topological polar surface area (TPSA) is 59.2 Å². The molecule has 0 N–H and O–H groups in total. The summed E-state index contributed by atoms with van der Waals surface area (Å²) in [6.45, 7) is 2.60. The highest BCUT2D eigenvalue weighted by molar-refractivity contribution is 5.76.